The average molecular weight is 469 g/mol. The number of primary amides is 1. The maximum absolute atomic E-state index is 13.4. The first-order chi connectivity index (χ1) is 16.3. The summed E-state index contributed by atoms with van der Waals surface area (Å²) in [5.41, 5.74) is 5.99. The van der Waals surface area contributed by atoms with E-state index in [1.807, 2.05) is 0 Å². The Hall–Kier alpha value is -4.41. The Balaban J connectivity index is 1.75. The number of pyridine rings is 1. The van der Waals surface area contributed by atoms with Crippen LogP contribution in [0.4, 0.5) is 14.9 Å². The number of nitrogens with zero attached hydrogens (tertiary/aromatic N) is 1. The van der Waals surface area contributed by atoms with Gasteiger partial charge in [-0.15, -0.1) is 0 Å². The highest BCUT2D eigenvalue weighted by atomic mass is 19.1. The molecule has 3 rings (SSSR count). The third-order valence-corrected chi connectivity index (χ3v) is 4.96. The fraction of sp³-hybridized carbons (Fsp3) is 0.217. The molecule has 0 spiro atoms. The van der Waals surface area contributed by atoms with E-state index in [4.69, 9.17) is 5.73 Å². The minimum absolute atomic E-state index is 0.0130. The Labute approximate surface area is 193 Å². The summed E-state index contributed by atoms with van der Waals surface area (Å²) in [6.45, 7) is 0.167. The molecular weight excluding hydrogens is 445 g/mol. The molecular formula is C23H24FN5O5. The number of halogens is 1. The van der Waals surface area contributed by atoms with Crippen molar-refractivity contribution >= 4 is 34.5 Å². The van der Waals surface area contributed by atoms with Crippen molar-refractivity contribution in [2.24, 2.45) is 5.73 Å². The van der Waals surface area contributed by atoms with Crippen LogP contribution < -0.4 is 21.9 Å². The first-order valence-corrected chi connectivity index (χ1v) is 10.3. The number of ether oxygens (including phenoxy) is 1. The van der Waals surface area contributed by atoms with E-state index in [0.717, 1.165) is 18.7 Å². The monoisotopic (exact) mass is 469 g/mol. The summed E-state index contributed by atoms with van der Waals surface area (Å²) < 4.78 is 19.4. The van der Waals surface area contributed by atoms with Gasteiger partial charge in [0.25, 0.3) is 5.56 Å². The second kappa shape index (κ2) is 10.9. The average Bonchev–Trinajstić information content (AvgIpc) is 3.19. The van der Waals surface area contributed by atoms with E-state index >= 15 is 0 Å². The third kappa shape index (κ3) is 6.31. The first-order valence-electron chi connectivity index (χ1n) is 10.3. The summed E-state index contributed by atoms with van der Waals surface area (Å²) in [6, 6.07) is 8.10. The van der Waals surface area contributed by atoms with Crippen LogP contribution in [0.25, 0.3) is 10.9 Å². The molecule has 2 heterocycles. The molecule has 0 saturated carbocycles. The van der Waals surface area contributed by atoms with E-state index in [1.54, 1.807) is 24.4 Å². The lowest BCUT2D eigenvalue weighted by Gasteiger charge is -2.17. The number of alkyl carbamates (subject to hydrolysis) is 1. The largest absolute Gasteiger partial charge is 0.453 e. The smallest absolute Gasteiger partial charge is 0.407 e. The lowest BCUT2D eigenvalue weighted by atomic mass is 10.1. The number of methoxy groups -OCH3 is 1. The van der Waals surface area contributed by atoms with Gasteiger partial charge in [0.1, 0.15) is 17.5 Å². The summed E-state index contributed by atoms with van der Waals surface area (Å²) in [7, 11) is 1.16. The Morgan fingerprint density at radius 1 is 1.26 bits per heavy atom. The summed E-state index contributed by atoms with van der Waals surface area (Å²) in [5, 5.41) is 5.61. The van der Waals surface area contributed by atoms with Crippen LogP contribution in [0.15, 0.2) is 59.5 Å². The number of hydrogen-bond donors (Lipinski definition) is 4. The van der Waals surface area contributed by atoms with Gasteiger partial charge in [0.15, 0.2) is 0 Å². The molecule has 0 bridgehead atoms. The van der Waals surface area contributed by atoms with Crippen molar-refractivity contribution in [1.82, 2.24) is 14.9 Å². The number of anilines is 1. The molecule has 11 heteroatoms. The molecule has 0 saturated heterocycles. The first kappa shape index (κ1) is 24.2. The zero-order valence-electron chi connectivity index (χ0n) is 18.3. The molecule has 0 aliphatic rings. The fourth-order valence-corrected chi connectivity index (χ4v) is 3.34. The van der Waals surface area contributed by atoms with E-state index in [-0.39, 0.29) is 30.9 Å². The number of amides is 3. The number of hydrogen-bond acceptors (Lipinski definition) is 5. The minimum atomic E-state index is -1.03. The van der Waals surface area contributed by atoms with Crippen molar-refractivity contribution < 1.29 is 23.5 Å². The number of aromatic amines is 1. The molecule has 1 aromatic carbocycles. The Bertz CT molecular complexity index is 1300. The number of H-pyrrole nitrogens is 1. The van der Waals surface area contributed by atoms with E-state index in [0.29, 0.717) is 11.1 Å². The number of carbonyl (C=O) groups is 3. The van der Waals surface area contributed by atoms with Gasteiger partial charge in [0.2, 0.25) is 11.8 Å². The fourth-order valence-electron chi connectivity index (χ4n) is 3.34. The van der Waals surface area contributed by atoms with Crippen molar-refractivity contribution in [3.63, 3.8) is 0 Å². The predicted octanol–water partition coefficient (Wildman–Crippen LogP) is 2.00. The molecule has 3 amide bonds. The van der Waals surface area contributed by atoms with Crippen LogP contribution in [-0.2, 0) is 20.9 Å². The summed E-state index contributed by atoms with van der Waals surface area (Å²) >= 11 is 0. The lowest BCUT2D eigenvalue weighted by molar-refractivity contribution is -0.118. The molecule has 1 atom stereocenters. The quantitative estimate of drug-likeness (QED) is 0.354. The zero-order valence-corrected chi connectivity index (χ0v) is 18.3. The molecule has 0 unspecified atom stereocenters. The molecule has 34 heavy (non-hydrogen) atoms. The van der Waals surface area contributed by atoms with Crippen molar-refractivity contribution in [1.29, 1.82) is 0 Å². The molecule has 2 aromatic heterocycles. The highest BCUT2D eigenvalue weighted by Crippen LogP contribution is 2.17. The lowest BCUT2D eigenvalue weighted by Crippen LogP contribution is -2.44. The van der Waals surface area contributed by atoms with E-state index in [9.17, 15) is 23.6 Å². The standard InChI is InChI=1S/C23H24FN5O5/c1-34-23(33)28-18(5-2-3-7-20(25)30)21(31)27-19-6-4-10-29(22(19)32)13-16-12-14-11-15(24)8-9-17(14)26-16/h3-4,6-12,18,26H,2,5,13H2,1H3,(H2,25,30)(H,27,31)(H,28,33)/b7-3+/t18-/m0/s1. The molecule has 10 nitrogen and oxygen atoms in total. The van der Waals surface area contributed by atoms with Crippen LogP contribution >= 0.6 is 0 Å². The Morgan fingerprint density at radius 3 is 2.79 bits per heavy atom. The van der Waals surface area contributed by atoms with Gasteiger partial charge in [-0.2, -0.15) is 0 Å². The van der Waals surface area contributed by atoms with Gasteiger partial charge in [0, 0.05) is 22.8 Å². The number of nitrogens with two attached hydrogens (primary N) is 1. The van der Waals surface area contributed by atoms with Crippen molar-refractivity contribution in [2.75, 3.05) is 12.4 Å². The van der Waals surface area contributed by atoms with Gasteiger partial charge in [-0.1, -0.05) is 6.08 Å². The second-order valence-corrected chi connectivity index (χ2v) is 7.44. The number of aromatic nitrogens is 2. The molecule has 178 valence electrons. The van der Waals surface area contributed by atoms with Gasteiger partial charge in [-0.25, -0.2) is 9.18 Å². The highest BCUT2D eigenvalue weighted by Gasteiger charge is 2.21. The van der Waals surface area contributed by atoms with Crippen molar-refractivity contribution in [3.05, 3.63) is 76.6 Å². The summed E-state index contributed by atoms with van der Waals surface area (Å²) in [4.78, 5) is 51.3. The number of rotatable bonds is 9. The number of nitrogens with one attached hydrogen (secondary N) is 3. The molecule has 3 aromatic rings. The predicted molar refractivity (Wildman–Crippen MR) is 124 cm³/mol. The van der Waals surface area contributed by atoms with E-state index < -0.39 is 29.5 Å². The third-order valence-electron chi connectivity index (χ3n) is 4.96. The highest BCUT2D eigenvalue weighted by molar-refractivity contribution is 5.96. The van der Waals surface area contributed by atoms with Crippen LogP contribution in [0.3, 0.4) is 0 Å². The van der Waals surface area contributed by atoms with Crippen LogP contribution in [0.2, 0.25) is 0 Å². The number of fused-ring (bicyclic) bond motifs is 1. The molecule has 5 N–H and O–H groups in total. The molecule has 0 aliphatic heterocycles. The number of carbonyl (C=O) groups excluding carboxylic acids is 3. The number of benzene rings is 1. The van der Waals surface area contributed by atoms with Crippen LogP contribution in [0.1, 0.15) is 18.5 Å². The summed E-state index contributed by atoms with van der Waals surface area (Å²) in [6.07, 6.45) is 3.77. The normalized spacial score (nSPS) is 11.9. The zero-order chi connectivity index (χ0) is 24.7. The SMILES string of the molecule is COC(=O)N[C@@H](CC/C=C/C(N)=O)C(=O)Nc1cccn(Cc2cc3cc(F)ccc3[nH]2)c1=O. The van der Waals surface area contributed by atoms with Gasteiger partial charge in [0.05, 0.1) is 13.7 Å². The topological polar surface area (TPSA) is 148 Å². The van der Waals surface area contributed by atoms with E-state index in [2.05, 4.69) is 20.4 Å². The molecule has 0 aliphatic carbocycles. The minimum Gasteiger partial charge on any atom is -0.453 e. The maximum Gasteiger partial charge on any atom is 0.407 e. The van der Waals surface area contributed by atoms with Crippen molar-refractivity contribution in [2.45, 2.75) is 25.4 Å². The maximum atomic E-state index is 13.4. The summed E-state index contributed by atoms with van der Waals surface area (Å²) in [5.74, 6) is -1.62. The number of allylic oxidation sites excluding steroid dienone is 1. The van der Waals surface area contributed by atoms with Gasteiger partial charge >= 0.3 is 6.09 Å². The molecule has 0 radical (unpaired) electrons. The van der Waals surface area contributed by atoms with Gasteiger partial charge in [-0.3, -0.25) is 14.4 Å². The van der Waals surface area contributed by atoms with Gasteiger partial charge in [-0.05, 0) is 55.3 Å². The van der Waals surface area contributed by atoms with Crippen molar-refractivity contribution in [3.8, 4) is 0 Å². The Morgan fingerprint density at radius 2 is 2.06 bits per heavy atom. The second-order valence-electron chi connectivity index (χ2n) is 7.44. The van der Waals surface area contributed by atoms with E-state index in [1.165, 1.54) is 28.8 Å². The van der Waals surface area contributed by atoms with Crippen LogP contribution in [-0.4, -0.2) is 40.6 Å². The van der Waals surface area contributed by atoms with Crippen LogP contribution in [0.5, 0.6) is 0 Å². The van der Waals surface area contributed by atoms with Crippen LogP contribution in [0, 0.1) is 5.82 Å². The Kier molecular flexibility index (Phi) is 7.80. The molecule has 0 fully saturated rings. The van der Waals surface area contributed by atoms with Gasteiger partial charge < -0.3 is 30.7 Å².